The second kappa shape index (κ2) is 6.35. The van der Waals surface area contributed by atoms with Crippen molar-refractivity contribution in [2.75, 3.05) is 13.2 Å². The number of nitrogens with one attached hydrogen (secondary N) is 1. The summed E-state index contributed by atoms with van der Waals surface area (Å²) in [7, 11) is 0. The molecule has 0 spiro atoms. The minimum atomic E-state index is -0.391. The van der Waals surface area contributed by atoms with Crippen molar-refractivity contribution in [2.45, 2.75) is 26.5 Å². The van der Waals surface area contributed by atoms with Crippen LogP contribution >= 0.6 is 0 Å². The van der Waals surface area contributed by atoms with Crippen LogP contribution in [0, 0.1) is 0 Å². The Morgan fingerprint density at radius 2 is 2.19 bits per heavy atom. The van der Waals surface area contributed by atoms with E-state index in [4.69, 9.17) is 9.84 Å². The van der Waals surface area contributed by atoms with E-state index in [2.05, 4.69) is 5.32 Å². The van der Waals surface area contributed by atoms with Gasteiger partial charge in [-0.2, -0.15) is 0 Å². The predicted octanol–water partition coefficient (Wildman–Crippen LogP) is 1.26. The second-order valence-electron chi connectivity index (χ2n) is 3.70. The molecular weight excluding hydrogens is 206 g/mol. The van der Waals surface area contributed by atoms with Gasteiger partial charge in [0.05, 0.1) is 12.7 Å². The second-order valence-corrected chi connectivity index (χ2v) is 3.70. The van der Waals surface area contributed by atoms with Gasteiger partial charge >= 0.3 is 0 Å². The third-order valence-corrected chi connectivity index (χ3v) is 2.12. The van der Waals surface area contributed by atoms with E-state index in [-0.39, 0.29) is 5.75 Å². The van der Waals surface area contributed by atoms with Crippen LogP contribution in [-0.4, -0.2) is 29.5 Å². The van der Waals surface area contributed by atoms with E-state index in [1.165, 1.54) is 0 Å². The van der Waals surface area contributed by atoms with Gasteiger partial charge in [-0.25, -0.2) is 0 Å². The number of aliphatic hydroxyl groups is 1. The van der Waals surface area contributed by atoms with E-state index in [9.17, 15) is 5.11 Å². The lowest BCUT2D eigenvalue weighted by Gasteiger charge is -2.10. The van der Waals surface area contributed by atoms with Gasteiger partial charge in [0.2, 0.25) is 0 Å². The molecule has 0 saturated heterocycles. The average molecular weight is 225 g/mol. The summed E-state index contributed by atoms with van der Waals surface area (Å²) in [4.78, 5) is 0. The number of aliphatic hydroxyl groups excluding tert-OH is 1. The molecule has 0 unspecified atom stereocenters. The van der Waals surface area contributed by atoms with Gasteiger partial charge in [0.15, 0.2) is 0 Å². The SMILES string of the molecule is CCOc1ccc(O)c(CNC[C@@H](C)O)c1. The highest BCUT2D eigenvalue weighted by atomic mass is 16.5. The fourth-order valence-corrected chi connectivity index (χ4v) is 1.38. The molecule has 0 amide bonds. The molecule has 90 valence electrons. The van der Waals surface area contributed by atoms with Gasteiger partial charge in [-0.15, -0.1) is 0 Å². The highest BCUT2D eigenvalue weighted by molar-refractivity contribution is 5.39. The van der Waals surface area contributed by atoms with Crippen molar-refractivity contribution in [3.63, 3.8) is 0 Å². The Kier molecular flexibility index (Phi) is 5.08. The number of aromatic hydroxyl groups is 1. The first kappa shape index (κ1) is 12.8. The molecule has 1 aromatic carbocycles. The third kappa shape index (κ3) is 4.08. The highest BCUT2D eigenvalue weighted by Gasteiger charge is 2.03. The third-order valence-electron chi connectivity index (χ3n) is 2.12. The summed E-state index contributed by atoms with van der Waals surface area (Å²) in [5, 5.41) is 21.7. The molecule has 0 saturated carbocycles. The molecule has 0 radical (unpaired) electrons. The van der Waals surface area contributed by atoms with Gasteiger partial charge in [-0.1, -0.05) is 0 Å². The first-order valence-electron chi connectivity index (χ1n) is 5.47. The molecule has 0 aliphatic rings. The van der Waals surface area contributed by atoms with Crippen LogP contribution in [0.25, 0.3) is 0 Å². The Hall–Kier alpha value is -1.26. The van der Waals surface area contributed by atoms with Crippen LogP contribution in [0.5, 0.6) is 11.5 Å². The van der Waals surface area contributed by atoms with E-state index in [0.29, 0.717) is 19.7 Å². The standard InChI is InChI=1S/C12H19NO3/c1-3-16-11-4-5-12(15)10(6-11)8-13-7-9(2)14/h4-6,9,13-15H,3,7-8H2,1-2H3/t9-/m1/s1. The van der Waals surface area contributed by atoms with E-state index in [1.54, 1.807) is 25.1 Å². The first-order valence-corrected chi connectivity index (χ1v) is 5.47. The van der Waals surface area contributed by atoms with Crippen LogP contribution < -0.4 is 10.1 Å². The first-order chi connectivity index (χ1) is 7.63. The van der Waals surface area contributed by atoms with Crippen LogP contribution in [0.1, 0.15) is 19.4 Å². The van der Waals surface area contributed by atoms with Crippen LogP contribution in [-0.2, 0) is 6.54 Å². The van der Waals surface area contributed by atoms with Crippen molar-refractivity contribution in [3.8, 4) is 11.5 Å². The smallest absolute Gasteiger partial charge is 0.120 e. The maximum absolute atomic E-state index is 9.61. The van der Waals surface area contributed by atoms with Gasteiger partial charge in [0.1, 0.15) is 11.5 Å². The molecule has 0 aromatic heterocycles. The summed E-state index contributed by atoms with van der Waals surface area (Å²) >= 11 is 0. The maximum Gasteiger partial charge on any atom is 0.120 e. The van der Waals surface area contributed by atoms with E-state index in [0.717, 1.165) is 11.3 Å². The zero-order chi connectivity index (χ0) is 12.0. The Labute approximate surface area is 95.9 Å². The van der Waals surface area contributed by atoms with Gasteiger partial charge in [-0.3, -0.25) is 0 Å². The van der Waals surface area contributed by atoms with Gasteiger partial charge in [0.25, 0.3) is 0 Å². The fraction of sp³-hybridized carbons (Fsp3) is 0.500. The summed E-state index contributed by atoms with van der Waals surface area (Å²) in [6.45, 7) is 5.24. The molecule has 4 heteroatoms. The van der Waals surface area contributed by atoms with Crippen molar-refractivity contribution < 1.29 is 14.9 Å². The van der Waals surface area contributed by atoms with Crippen molar-refractivity contribution >= 4 is 0 Å². The summed E-state index contributed by atoms with van der Waals surface area (Å²) in [6.07, 6.45) is -0.391. The normalized spacial score (nSPS) is 12.4. The Balaban J connectivity index is 2.59. The molecule has 0 aliphatic carbocycles. The van der Waals surface area contributed by atoms with Crippen molar-refractivity contribution in [2.24, 2.45) is 0 Å². The highest BCUT2D eigenvalue weighted by Crippen LogP contribution is 2.22. The lowest BCUT2D eigenvalue weighted by Crippen LogP contribution is -2.23. The van der Waals surface area contributed by atoms with Crippen LogP contribution in [0.15, 0.2) is 18.2 Å². The molecule has 0 bridgehead atoms. The molecular formula is C12H19NO3. The lowest BCUT2D eigenvalue weighted by molar-refractivity contribution is 0.191. The van der Waals surface area contributed by atoms with Crippen LogP contribution in [0.2, 0.25) is 0 Å². The van der Waals surface area contributed by atoms with Crippen LogP contribution in [0.4, 0.5) is 0 Å². The fourth-order valence-electron chi connectivity index (χ4n) is 1.38. The number of ether oxygens (including phenoxy) is 1. The topological polar surface area (TPSA) is 61.7 Å². The van der Waals surface area contributed by atoms with Crippen molar-refractivity contribution in [1.82, 2.24) is 5.32 Å². The average Bonchev–Trinajstić information content (AvgIpc) is 2.22. The van der Waals surface area contributed by atoms with Gasteiger partial charge < -0.3 is 20.3 Å². The number of hydrogen-bond donors (Lipinski definition) is 3. The van der Waals surface area contributed by atoms with E-state index in [1.807, 2.05) is 6.92 Å². The molecule has 16 heavy (non-hydrogen) atoms. The maximum atomic E-state index is 9.61. The minimum Gasteiger partial charge on any atom is -0.508 e. The Morgan fingerprint density at radius 3 is 2.81 bits per heavy atom. The van der Waals surface area contributed by atoms with Gasteiger partial charge in [0, 0.05) is 18.7 Å². The lowest BCUT2D eigenvalue weighted by atomic mass is 10.2. The summed E-state index contributed by atoms with van der Waals surface area (Å²) in [6, 6.07) is 5.15. The van der Waals surface area contributed by atoms with E-state index < -0.39 is 6.10 Å². The summed E-state index contributed by atoms with van der Waals surface area (Å²) in [5.74, 6) is 0.982. The van der Waals surface area contributed by atoms with Gasteiger partial charge in [-0.05, 0) is 32.0 Å². The monoisotopic (exact) mass is 225 g/mol. The van der Waals surface area contributed by atoms with Crippen LogP contribution in [0.3, 0.4) is 0 Å². The number of benzene rings is 1. The molecule has 0 fully saturated rings. The summed E-state index contributed by atoms with van der Waals surface area (Å²) < 4.78 is 5.34. The summed E-state index contributed by atoms with van der Waals surface area (Å²) in [5.41, 5.74) is 0.770. The van der Waals surface area contributed by atoms with E-state index >= 15 is 0 Å². The Bertz CT molecular complexity index is 326. The quantitative estimate of drug-likeness (QED) is 0.682. The zero-order valence-electron chi connectivity index (χ0n) is 9.73. The number of rotatable bonds is 6. The van der Waals surface area contributed by atoms with Crippen molar-refractivity contribution in [1.29, 1.82) is 0 Å². The number of phenolic OH excluding ortho intramolecular Hbond substituents is 1. The molecule has 0 heterocycles. The molecule has 0 aliphatic heterocycles. The molecule has 3 N–H and O–H groups in total. The predicted molar refractivity (Wildman–Crippen MR) is 62.7 cm³/mol. The molecule has 1 rings (SSSR count). The molecule has 1 atom stereocenters. The van der Waals surface area contributed by atoms with Crippen molar-refractivity contribution in [3.05, 3.63) is 23.8 Å². The number of phenols is 1. The molecule has 1 aromatic rings. The minimum absolute atomic E-state index is 0.238. The molecule has 4 nitrogen and oxygen atoms in total. The zero-order valence-corrected chi connectivity index (χ0v) is 9.73. The number of hydrogen-bond acceptors (Lipinski definition) is 4. The largest absolute Gasteiger partial charge is 0.508 e. The Morgan fingerprint density at radius 1 is 1.44 bits per heavy atom.